The van der Waals surface area contributed by atoms with E-state index in [0.717, 1.165) is 3.01 Å². The van der Waals surface area contributed by atoms with Crippen LogP contribution in [0.25, 0.3) is 10.6 Å². The molecule has 0 saturated carbocycles. The first-order valence-electron chi connectivity index (χ1n) is 3.62. The van der Waals surface area contributed by atoms with Crippen LogP contribution in [0.15, 0.2) is 22.7 Å². The van der Waals surface area contributed by atoms with Crippen LogP contribution < -0.4 is 0 Å². The van der Waals surface area contributed by atoms with E-state index < -0.39 is 0 Å². The highest BCUT2D eigenvalue weighted by molar-refractivity contribution is 14.1. The van der Waals surface area contributed by atoms with Gasteiger partial charge < -0.3 is 0 Å². The fourth-order valence-electron chi connectivity index (χ4n) is 1.01. The van der Waals surface area contributed by atoms with Crippen molar-refractivity contribution in [3.05, 3.63) is 31.5 Å². The molecule has 0 amide bonds. The molecule has 14 heavy (non-hydrogen) atoms. The molecule has 2 nitrogen and oxygen atoms in total. The summed E-state index contributed by atoms with van der Waals surface area (Å²) in [5.41, 5.74) is 0.480. The highest BCUT2D eigenvalue weighted by Gasteiger charge is 2.13. The van der Waals surface area contributed by atoms with Crippen molar-refractivity contribution >= 4 is 49.9 Å². The van der Waals surface area contributed by atoms with E-state index in [2.05, 4.69) is 48.7 Å². The Morgan fingerprint density at radius 3 is 2.71 bits per heavy atom. The predicted molar refractivity (Wildman–Crippen MR) is 65.7 cm³/mol. The average Bonchev–Trinajstić information content (AvgIpc) is 2.51. The van der Waals surface area contributed by atoms with Gasteiger partial charge in [-0.25, -0.2) is 4.39 Å². The largest absolute Gasteiger partial charge is 0.206 e. The van der Waals surface area contributed by atoms with Gasteiger partial charge in [-0.05, 0) is 50.7 Å². The molecule has 0 fully saturated rings. The highest BCUT2D eigenvalue weighted by atomic mass is 127. The van der Waals surface area contributed by atoms with Crippen molar-refractivity contribution in [3.63, 3.8) is 0 Å². The molecule has 0 radical (unpaired) electrons. The number of nitrogens with zero attached hydrogens (tertiary/aromatic N) is 2. The molecule has 0 aliphatic heterocycles. The molecule has 0 N–H and O–H groups in total. The van der Waals surface area contributed by atoms with Crippen LogP contribution in [-0.4, -0.2) is 10.2 Å². The minimum Gasteiger partial charge on any atom is -0.206 e. The lowest BCUT2D eigenvalue weighted by molar-refractivity contribution is 0.630. The van der Waals surface area contributed by atoms with Gasteiger partial charge in [0.15, 0.2) is 8.02 Å². The third-order valence-corrected chi connectivity index (χ3v) is 3.84. The number of halogens is 3. The van der Waals surface area contributed by atoms with Crippen molar-refractivity contribution in [1.29, 1.82) is 0 Å². The van der Waals surface area contributed by atoms with Gasteiger partial charge >= 0.3 is 0 Å². The van der Waals surface area contributed by atoms with Crippen molar-refractivity contribution < 1.29 is 4.39 Å². The molecule has 0 saturated heterocycles. The Morgan fingerprint density at radius 2 is 2.14 bits per heavy atom. The van der Waals surface area contributed by atoms with Gasteiger partial charge in [0.25, 0.3) is 0 Å². The minimum atomic E-state index is -0.285. The molecule has 2 rings (SSSR count). The first-order chi connectivity index (χ1) is 6.68. The molecule has 0 aliphatic rings. The minimum absolute atomic E-state index is 0.285. The van der Waals surface area contributed by atoms with E-state index in [1.165, 1.54) is 17.4 Å². The standard InChI is InChI=1S/C8H3BrFIN2S/c9-4-2-1-3-5(10)6(4)7-12-13-8(11)14-7/h1-3H. The van der Waals surface area contributed by atoms with Crippen LogP contribution in [0.4, 0.5) is 4.39 Å². The fourth-order valence-corrected chi connectivity index (χ4v) is 3.04. The van der Waals surface area contributed by atoms with Gasteiger partial charge in [-0.15, -0.1) is 10.2 Å². The number of rotatable bonds is 1. The fraction of sp³-hybridized carbons (Fsp3) is 0. The third-order valence-electron chi connectivity index (χ3n) is 1.58. The van der Waals surface area contributed by atoms with Crippen LogP contribution >= 0.6 is 49.9 Å². The Bertz CT molecular complexity index is 454. The Balaban J connectivity index is 2.61. The lowest BCUT2D eigenvalue weighted by Crippen LogP contribution is -1.84. The van der Waals surface area contributed by atoms with Crippen LogP contribution in [0.1, 0.15) is 0 Å². The van der Waals surface area contributed by atoms with Gasteiger partial charge in [-0.3, -0.25) is 0 Å². The second-order valence-corrected chi connectivity index (χ2v) is 6.04. The summed E-state index contributed by atoms with van der Waals surface area (Å²) in [7, 11) is 0. The number of hydrogen-bond donors (Lipinski definition) is 0. The lowest BCUT2D eigenvalue weighted by Gasteiger charge is -2.00. The number of benzene rings is 1. The maximum atomic E-state index is 13.5. The van der Waals surface area contributed by atoms with Gasteiger partial charge in [0.1, 0.15) is 5.82 Å². The first-order valence-corrected chi connectivity index (χ1v) is 6.30. The molecule has 1 aromatic carbocycles. The number of aromatic nitrogens is 2. The summed E-state index contributed by atoms with van der Waals surface area (Å²) < 4.78 is 14.9. The summed E-state index contributed by atoms with van der Waals surface area (Å²) in [4.78, 5) is 0. The Kier molecular flexibility index (Phi) is 3.13. The van der Waals surface area contributed by atoms with Gasteiger partial charge in [-0.2, -0.15) is 0 Å². The van der Waals surface area contributed by atoms with E-state index in [1.807, 2.05) is 0 Å². The molecular formula is C8H3BrFIN2S. The summed E-state index contributed by atoms with van der Waals surface area (Å²) >= 11 is 6.71. The van der Waals surface area contributed by atoms with Gasteiger partial charge in [0, 0.05) is 4.47 Å². The van der Waals surface area contributed by atoms with Crippen molar-refractivity contribution in [2.45, 2.75) is 0 Å². The van der Waals surface area contributed by atoms with E-state index in [9.17, 15) is 4.39 Å². The molecule has 0 aliphatic carbocycles. The smallest absolute Gasteiger partial charge is 0.178 e. The molecule has 0 atom stereocenters. The van der Waals surface area contributed by atoms with E-state index in [0.29, 0.717) is 15.0 Å². The SMILES string of the molecule is Fc1cccc(Br)c1-c1nnc(I)s1. The van der Waals surface area contributed by atoms with Crippen molar-refractivity contribution in [2.24, 2.45) is 0 Å². The Labute approximate surface area is 106 Å². The zero-order valence-electron chi connectivity index (χ0n) is 6.67. The van der Waals surface area contributed by atoms with Crippen molar-refractivity contribution in [3.8, 4) is 10.6 Å². The van der Waals surface area contributed by atoms with Gasteiger partial charge in [0.05, 0.1) is 5.56 Å². The second-order valence-electron chi connectivity index (χ2n) is 2.46. The second kappa shape index (κ2) is 4.19. The van der Waals surface area contributed by atoms with Crippen molar-refractivity contribution in [2.75, 3.05) is 0 Å². The van der Waals surface area contributed by atoms with Crippen molar-refractivity contribution in [1.82, 2.24) is 10.2 Å². The monoisotopic (exact) mass is 384 g/mol. The maximum Gasteiger partial charge on any atom is 0.178 e. The number of hydrogen-bond acceptors (Lipinski definition) is 3. The molecule has 1 heterocycles. The molecule has 1 aromatic heterocycles. The predicted octanol–water partition coefficient (Wildman–Crippen LogP) is 3.71. The summed E-state index contributed by atoms with van der Waals surface area (Å²) in [6.45, 7) is 0. The average molecular weight is 385 g/mol. The third kappa shape index (κ3) is 1.96. The summed E-state index contributed by atoms with van der Waals surface area (Å²) in [6.07, 6.45) is 0. The maximum absolute atomic E-state index is 13.5. The summed E-state index contributed by atoms with van der Waals surface area (Å²) in [5.74, 6) is -0.285. The van der Waals surface area contributed by atoms with Crippen LogP contribution in [0.5, 0.6) is 0 Å². The molecular weight excluding hydrogens is 382 g/mol. The zero-order chi connectivity index (χ0) is 10.1. The molecule has 0 spiro atoms. The summed E-state index contributed by atoms with van der Waals surface area (Å²) in [5, 5.41) is 8.34. The molecule has 0 unspecified atom stereocenters. The van der Waals surface area contributed by atoms with E-state index in [1.54, 1.807) is 12.1 Å². The van der Waals surface area contributed by atoms with Crippen LogP contribution in [0.2, 0.25) is 0 Å². The van der Waals surface area contributed by atoms with Crippen LogP contribution in [-0.2, 0) is 0 Å². The Morgan fingerprint density at radius 1 is 1.36 bits per heavy atom. The Hall–Kier alpha value is -0.0800. The quantitative estimate of drug-likeness (QED) is 0.700. The topological polar surface area (TPSA) is 25.8 Å². The zero-order valence-corrected chi connectivity index (χ0v) is 11.2. The van der Waals surface area contributed by atoms with Gasteiger partial charge in [0.2, 0.25) is 0 Å². The van der Waals surface area contributed by atoms with E-state index >= 15 is 0 Å². The van der Waals surface area contributed by atoms with Crippen LogP contribution in [0, 0.1) is 8.83 Å². The normalized spacial score (nSPS) is 10.5. The van der Waals surface area contributed by atoms with E-state index in [4.69, 9.17) is 0 Å². The molecule has 72 valence electrons. The summed E-state index contributed by atoms with van der Waals surface area (Å²) in [6, 6.07) is 4.84. The molecule has 2 aromatic rings. The molecule has 6 heteroatoms. The van der Waals surface area contributed by atoms with E-state index in [-0.39, 0.29) is 5.82 Å². The molecule has 0 bridgehead atoms. The lowest BCUT2D eigenvalue weighted by atomic mass is 10.2. The van der Waals surface area contributed by atoms with Crippen LogP contribution in [0.3, 0.4) is 0 Å². The highest BCUT2D eigenvalue weighted by Crippen LogP contribution is 2.32. The first kappa shape index (κ1) is 10.4. The van der Waals surface area contributed by atoms with Gasteiger partial charge in [-0.1, -0.05) is 17.4 Å².